The molecule has 0 bridgehead atoms. The lowest BCUT2D eigenvalue weighted by Crippen LogP contribution is -2.04. The number of para-hydroxylation sites is 1. The van der Waals surface area contributed by atoms with E-state index in [1.807, 2.05) is 0 Å². The van der Waals surface area contributed by atoms with Gasteiger partial charge < -0.3 is 19.7 Å². The second kappa shape index (κ2) is 10.9. The van der Waals surface area contributed by atoms with Crippen molar-refractivity contribution < 1.29 is 24.5 Å². The second-order valence-electron chi connectivity index (χ2n) is 5.26. The Bertz CT molecular complexity index is 445. The SMILES string of the molecule is CCCCCCCOCCCc1cccc(OC(=O)O)c1O. The van der Waals surface area contributed by atoms with E-state index in [1.165, 1.54) is 31.7 Å². The van der Waals surface area contributed by atoms with Gasteiger partial charge in [0.25, 0.3) is 0 Å². The summed E-state index contributed by atoms with van der Waals surface area (Å²) in [5.74, 6) is -0.133. The molecule has 0 aliphatic carbocycles. The van der Waals surface area contributed by atoms with Crippen molar-refractivity contribution >= 4 is 6.16 Å². The van der Waals surface area contributed by atoms with Crippen LogP contribution in [0.3, 0.4) is 0 Å². The summed E-state index contributed by atoms with van der Waals surface area (Å²) < 4.78 is 10.1. The predicted octanol–water partition coefficient (Wildman–Crippen LogP) is 4.37. The van der Waals surface area contributed by atoms with E-state index < -0.39 is 6.16 Å². The van der Waals surface area contributed by atoms with Crippen LogP contribution in [0, 0.1) is 0 Å². The Labute approximate surface area is 131 Å². The molecule has 1 aromatic carbocycles. The number of aromatic hydroxyl groups is 1. The van der Waals surface area contributed by atoms with Gasteiger partial charge in [0, 0.05) is 13.2 Å². The van der Waals surface area contributed by atoms with Crippen LogP contribution in [0.2, 0.25) is 0 Å². The molecule has 0 saturated carbocycles. The average molecular weight is 310 g/mol. The molecule has 5 nitrogen and oxygen atoms in total. The Morgan fingerprint density at radius 1 is 1.09 bits per heavy atom. The number of unbranched alkanes of at least 4 members (excludes halogenated alkanes) is 4. The van der Waals surface area contributed by atoms with Crippen molar-refractivity contribution in [2.24, 2.45) is 0 Å². The molecule has 0 radical (unpaired) electrons. The molecule has 0 atom stereocenters. The maximum atomic E-state index is 10.5. The van der Waals surface area contributed by atoms with Gasteiger partial charge in [-0.05, 0) is 30.9 Å². The summed E-state index contributed by atoms with van der Waals surface area (Å²) in [7, 11) is 0. The van der Waals surface area contributed by atoms with Crippen LogP contribution in [-0.2, 0) is 11.2 Å². The Morgan fingerprint density at radius 3 is 2.55 bits per heavy atom. The highest BCUT2D eigenvalue weighted by Gasteiger charge is 2.10. The van der Waals surface area contributed by atoms with Crippen LogP contribution in [0.5, 0.6) is 11.5 Å². The van der Waals surface area contributed by atoms with Crippen LogP contribution in [0.1, 0.15) is 51.0 Å². The summed E-state index contributed by atoms with van der Waals surface area (Å²) in [5.41, 5.74) is 0.672. The molecule has 124 valence electrons. The molecule has 2 N–H and O–H groups in total. The number of phenolic OH excluding ortho intramolecular Hbond substituents is 1. The van der Waals surface area contributed by atoms with Gasteiger partial charge >= 0.3 is 6.16 Å². The second-order valence-corrected chi connectivity index (χ2v) is 5.26. The van der Waals surface area contributed by atoms with Crippen molar-refractivity contribution in [2.75, 3.05) is 13.2 Å². The first-order valence-electron chi connectivity index (χ1n) is 7.94. The minimum absolute atomic E-state index is 0.0261. The Morgan fingerprint density at radius 2 is 1.82 bits per heavy atom. The largest absolute Gasteiger partial charge is 0.511 e. The topological polar surface area (TPSA) is 76.0 Å². The zero-order chi connectivity index (χ0) is 16.2. The highest BCUT2D eigenvalue weighted by Crippen LogP contribution is 2.30. The number of carbonyl (C=O) groups is 1. The third kappa shape index (κ3) is 7.31. The molecule has 0 saturated heterocycles. The lowest BCUT2D eigenvalue weighted by atomic mass is 10.1. The fourth-order valence-corrected chi connectivity index (χ4v) is 2.22. The molecule has 5 heteroatoms. The lowest BCUT2D eigenvalue weighted by molar-refractivity contribution is 0.127. The summed E-state index contributed by atoms with van der Waals surface area (Å²) >= 11 is 0. The van der Waals surface area contributed by atoms with Crippen molar-refractivity contribution in [2.45, 2.75) is 51.9 Å². The van der Waals surface area contributed by atoms with Crippen molar-refractivity contribution in [1.82, 2.24) is 0 Å². The molecule has 22 heavy (non-hydrogen) atoms. The van der Waals surface area contributed by atoms with E-state index in [2.05, 4.69) is 11.7 Å². The number of rotatable bonds is 11. The molecule has 0 aliphatic rings. The number of benzene rings is 1. The lowest BCUT2D eigenvalue weighted by Gasteiger charge is -2.09. The third-order valence-corrected chi connectivity index (χ3v) is 3.41. The maximum Gasteiger partial charge on any atom is 0.511 e. The van der Waals surface area contributed by atoms with Crippen LogP contribution in [0.4, 0.5) is 4.79 Å². The van der Waals surface area contributed by atoms with E-state index >= 15 is 0 Å². The third-order valence-electron chi connectivity index (χ3n) is 3.41. The van der Waals surface area contributed by atoms with Gasteiger partial charge in [0.15, 0.2) is 11.5 Å². The van der Waals surface area contributed by atoms with Crippen LogP contribution in [0.25, 0.3) is 0 Å². The highest BCUT2D eigenvalue weighted by molar-refractivity contribution is 5.63. The minimum Gasteiger partial charge on any atom is -0.504 e. The van der Waals surface area contributed by atoms with Crippen molar-refractivity contribution in [3.05, 3.63) is 23.8 Å². The number of aryl methyl sites for hydroxylation is 1. The maximum absolute atomic E-state index is 10.5. The highest BCUT2D eigenvalue weighted by atomic mass is 16.7. The number of hydrogen-bond acceptors (Lipinski definition) is 4. The molecule has 0 aliphatic heterocycles. The number of ether oxygens (including phenoxy) is 2. The van der Waals surface area contributed by atoms with Crippen LogP contribution < -0.4 is 4.74 Å². The van der Waals surface area contributed by atoms with E-state index in [0.29, 0.717) is 18.6 Å². The quantitative estimate of drug-likeness (QED) is 0.360. The van der Waals surface area contributed by atoms with Crippen LogP contribution >= 0.6 is 0 Å². The fourth-order valence-electron chi connectivity index (χ4n) is 2.22. The van der Waals surface area contributed by atoms with E-state index in [9.17, 15) is 9.90 Å². The number of hydrogen-bond donors (Lipinski definition) is 2. The van der Waals surface area contributed by atoms with Crippen LogP contribution in [-0.4, -0.2) is 29.6 Å². The Kier molecular flexibility index (Phi) is 9.07. The molecular formula is C17H26O5. The van der Waals surface area contributed by atoms with Crippen LogP contribution in [0.15, 0.2) is 18.2 Å². The van der Waals surface area contributed by atoms with E-state index in [4.69, 9.17) is 9.84 Å². The first-order valence-corrected chi connectivity index (χ1v) is 7.94. The summed E-state index contributed by atoms with van der Waals surface area (Å²) in [6.07, 6.45) is 6.07. The number of carboxylic acid groups (broad SMARTS) is 1. The first-order chi connectivity index (χ1) is 10.6. The molecule has 0 amide bonds. The standard InChI is InChI=1S/C17H26O5/c1-2-3-4-5-6-12-21-13-8-10-14-9-7-11-15(16(14)18)22-17(19)20/h7,9,11,18H,2-6,8,10,12-13H2,1H3,(H,19,20). The zero-order valence-electron chi connectivity index (χ0n) is 13.2. The van der Waals surface area contributed by atoms with Gasteiger partial charge in [-0.25, -0.2) is 4.79 Å². The minimum atomic E-state index is -1.43. The molecule has 0 unspecified atom stereocenters. The van der Waals surface area contributed by atoms with E-state index in [-0.39, 0.29) is 11.5 Å². The fraction of sp³-hybridized carbons (Fsp3) is 0.588. The predicted molar refractivity (Wildman–Crippen MR) is 84.7 cm³/mol. The molecule has 0 spiro atoms. The molecule has 0 aromatic heterocycles. The van der Waals surface area contributed by atoms with Gasteiger partial charge in [0.1, 0.15) is 0 Å². The van der Waals surface area contributed by atoms with Gasteiger partial charge in [0.2, 0.25) is 0 Å². The first kappa shape index (κ1) is 18.3. The Balaban J connectivity index is 2.21. The van der Waals surface area contributed by atoms with Gasteiger partial charge in [-0.3, -0.25) is 0 Å². The molecule has 1 rings (SSSR count). The number of phenols is 1. The van der Waals surface area contributed by atoms with Gasteiger partial charge in [0.05, 0.1) is 0 Å². The van der Waals surface area contributed by atoms with E-state index in [0.717, 1.165) is 19.4 Å². The summed E-state index contributed by atoms with van der Waals surface area (Å²) in [5, 5.41) is 18.5. The molecule has 1 aromatic rings. The summed E-state index contributed by atoms with van der Waals surface area (Å²) in [6, 6.07) is 4.86. The summed E-state index contributed by atoms with van der Waals surface area (Å²) in [6.45, 7) is 3.61. The van der Waals surface area contributed by atoms with E-state index in [1.54, 1.807) is 12.1 Å². The van der Waals surface area contributed by atoms with Gasteiger partial charge in [-0.15, -0.1) is 0 Å². The smallest absolute Gasteiger partial charge is 0.504 e. The average Bonchev–Trinajstić information content (AvgIpc) is 2.48. The van der Waals surface area contributed by atoms with Crippen molar-refractivity contribution in [3.8, 4) is 11.5 Å². The molecular weight excluding hydrogens is 284 g/mol. The molecule has 0 fully saturated rings. The molecule has 0 heterocycles. The summed E-state index contributed by atoms with van der Waals surface area (Å²) in [4.78, 5) is 10.5. The Hall–Kier alpha value is -1.75. The van der Waals surface area contributed by atoms with Crippen molar-refractivity contribution in [3.63, 3.8) is 0 Å². The van der Waals surface area contributed by atoms with Crippen molar-refractivity contribution in [1.29, 1.82) is 0 Å². The van der Waals surface area contributed by atoms with Gasteiger partial charge in [-0.2, -0.15) is 0 Å². The normalized spacial score (nSPS) is 10.6. The zero-order valence-corrected chi connectivity index (χ0v) is 13.2. The monoisotopic (exact) mass is 310 g/mol. The van der Waals surface area contributed by atoms with Gasteiger partial charge in [-0.1, -0.05) is 44.7 Å².